The van der Waals surface area contributed by atoms with Crippen LogP contribution in [0.5, 0.6) is 0 Å². The van der Waals surface area contributed by atoms with Crippen molar-refractivity contribution in [1.29, 1.82) is 0 Å². The number of hydrogen-bond acceptors (Lipinski definition) is 5. The molecule has 0 aliphatic carbocycles. The molecule has 1 aliphatic rings. The second kappa shape index (κ2) is 7.09. The summed E-state index contributed by atoms with van der Waals surface area (Å²) in [4.78, 5) is 24.9. The number of amides is 2. The number of nitrogens with two attached hydrogens (primary N) is 1. The summed E-state index contributed by atoms with van der Waals surface area (Å²) in [5, 5.41) is 3.13. The Hall–Kier alpha value is -2.34. The first-order valence-electron chi connectivity index (χ1n) is 7.22. The molecule has 0 fully saturated rings. The van der Waals surface area contributed by atoms with Gasteiger partial charge in [0, 0.05) is 23.9 Å². The number of rotatable bonds is 5. The maximum absolute atomic E-state index is 12.0. The molecule has 0 bridgehead atoms. The molecule has 1 aliphatic heterocycles. The molecule has 6 nitrogen and oxygen atoms in total. The molecule has 0 aromatic heterocycles. The highest BCUT2D eigenvalue weighted by atomic mass is 16.6. The van der Waals surface area contributed by atoms with Gasteiger partial charge in [0.1, 0.15) is 6.61 Å². The van der Waals surface area contributed by atoms with E-state index in [9.17, 15) is 9.59 Å². The summed E-state index contributed by atoms with van der Waals surface area (Å²) in [6.45, 7) is 4.12. The zero-order chi connectivity index (χ0) is 16.1. The van der Waals surface area contributed by atoms with E-state index in [1.807, 2.05) is 44.2 Å². The highest BCUT2D eigenvalue weighted by Gasteiger charge is 2.29. The van der Waals surface area contributed by atoms with Crippen LogP contribution in [0.2, 0.25) is 0 Å². The molecule has 2 atom stereocenters. The molecule has 0 unspecified atom stereocenters. The van der Waals surface area contributed by atoms with Gasteiger partial charge in [0.15, 0.2) is 0 Å². The molecule has 0 spiro atoms. The summed E-state index contributed by atoms with van der Waals surface area (Å²) >= 11 is 0. The van der Waals surface area contributed by atoms with E-state index < -0.39 is 6.09 Å². The van der Waals surface area contributed by atoms with Crippen LogP contribution < -0.4 is 11.1 Å². The summed E-state index contributed by atoms with van der Waals surface area (Å²) in [5.41, 5.74) is 7.32. The average molecular weight is 303 g/mol. The maximum Gasteiger partial charge on any atom is 0.417 e. The largest absolute Gasteiger partial charge is 0.444 e. The van der Waals surface area contributed by atoms with Crippen LogP contribution in [0.4, 0.5) is 4.79 Å². The van der Waals surface area contributed by atoms with E-state index in [2.05, 4.69) is 5.32 Å². The van der Waals surface area contributed by atoms with Crippen molar-refractivity contribution in [2.75, 3.05) is 6.54 Å². The predicted molar refractivity (Wildman–Crippen MR) is 82.7 cm³/mol. The van der Waals surface area contributed by atoms with Crippen molar-refractivity contribution < 1.29 is 14.3 Å². The van der Waals surface area contributed by atoms with Gasteiger partial charge < -0.3 is 15.8 Å². The van der Waals surface area contributed by atoms with Crippen LogP contribution in [-0.4, -0.2) is 35.5 Å². The van der Waals surface area contributed by atoms with Gasteiger partial charge in [-0.3, -0.25) is 4.79 Å². The monoisotopic (exact) mass is 303 g/mol. The molecule has 1 aromatic carbocycles. The van der Waals surface area contributed by atoms with Gasteiger partial charge in [0.25, 0.3) is 5.91 Å². The van der Waals surface area contributed by atoms with E-state index >= 15 is 0 Å². The second-order valence-corrected chi connectivity index (χ2v) is 5.43. The van der Waals surface area contributed by atoms with Crippen molar-refractivity contribution >= 4 is 12.0 Å². The van der Waals surface area contributed by atoms with Crippen LogP contribution in [0.15, 0.2) is 42.1 Å². The third-order valence-electron chi connectivity index (χ3n) is 3.52. The maximum atomic E-state index is 12.0. The van der Waals surface area contributed by atoms with E-state index in [1.54, 1.807) is 0 Å². The first-order chi connectivity index (χ1) is 10.5. The molecule has 2 rings (SSSR count). The van der Waals surface area contributed by atoms with Gasteiger partial charge in [0.05, 0.1) is 6.54 Å². The minimum atomic E-state index is -0.643. The van der Waals surface area contributed by atoms with Crippen molar-refractivity contribution in [1.82, 2.24) is 10.2 Å². The van der Waals surface area contributed by atoms with Crippen molar-refractivity contribution in [3.63, 3.8) is 0 Å². The Bertz CT molecular complexity index is 569. The third-order valence-corrected chi connectivity index (χ3v) is 3.52. The molecule has 118 valence electrons. The molecule has 6 heteroatoms. The summed E-state index contributed by atoms with van der Waals surface area (Å²) in [5.74, 6) is -0.377. The average Bonchev–Trinajstić information content (AvgIpc) is 2.86. The minimum absolute atomic E-state index is 0.0133. The fourth-order valence-corrected chi connectivity index (χ4v) is 1.98. The van der Waals surface area contributed by atoms with Gasteiger partial charge in [-0.25, -0.2) is 9.69 Å². The fraction of sp³-hybridized carbons (Fsp3) is 0.375. The number of imide groups is 1. The molecular formula is C16H21N3O3. The van der Waals surface area contributed by atoms with Gasteiger partial charge in [-0.2, -0.15) is 0 Å². The first kappa shape index (κ1) is 16.0. The smallest absolute Gasteiger partial charge is 0.417 e. The molecule has 1 heterocycles. The van der Waals surface area contributed by atoms with E-state index in [4.69, 9.17) is 10.5 Å². The zero-order valence-electron chi connectivity index (χ0n) is 12.8. The van der Waals surface area contributed by atoms with Crippen LogP contribution in [-0.2, 0) is 16.1 Å². The molecule has 3 N–H and O–H groups in total. The lowest BCUT2D eigenvalue weighted by Gasteiger charge is -2.20. The predicted octanol–water partition coefficient (Wildman–Crippen LogP) is 1.37. The molecule has 22 heavy (non-hydrogen) atoms. The minimum Gasteiger partial charge on any atom is -0.444 e. The highest BCUT2D eigenvalue weighted by Crippen LogP contribution is 2.12. The lowest BCUT2D eigenvalue weighted by Crippen LogP contribution is -2.42. The van der Waals surface area contributed by atoms with Crippen LogP contribution >= 0.6 is 0 Å². The fourth-order valence-electron chi connectivity index (χ4n) is 1.98. The van der Waals surface area contributed by atoms with Crippen molar-refractivity contribution in [3.05, 3.63) is 47.7 Å². The van der Waals surface area contributed by atoms with Crippen LogP contribution in [0.3, 0.4) is 0 Å². The van der Waals surface area contributed by atoms with Gasteiger partial charge >= 0.3 is 6.09 Å². The number of hydrogen-bond donors (Lipinski definition) is 2. The normalized spacial score (nSPS) is 17.0. The van der Waals surface area contributed by atoms with Gasteiger partial charge in [-0.1, -0.05) is 30.3 Å². The Labute approximate surface area is 129 Å². The van der Waals surface area contributed by atoms with Gasteiger partial charge in [0.2, 0.25) is 0 Å². The Balaban J connectivity index is 1.86. The Morgan fingerprint density at radius 3 is 2.68 bits per heavy atom. The number of nitrogens with zero attached hydrogens (tertiary/aromatic N) is 1. The Morgan fingerprint density at radius 1 is 1.36 bits per heavy atom. The second-order valence-electron chi connectivity index (χ2n) is 5.43. The van der Waals surface area contributed by atoms with Gasteiger partial charge in [-0.05, 0) is 19.4 Å². The quantitative estimate of drug-likeness (QED) is 0.858. The van der Waals surface area contributed by atoms with Gasteiger partial charge in [-0.15, -0.1) is 0 Å². The van der Waals surface area contributed by atoms with Crippen LogP contribution in [0.25, 0.3) is 0 Å². The number of carbonyl (C=O) groups is 2. The first-order valence-corrected chi connectivity index (χ1v) is 7.22. The third kappa shape index (κ3) is 4.08. The highest BCUT2D eigenvalue weighted by molar-refractivity contribution is 6.01. The molecule has 0 saturated carbocycles. The summed E-state index contributed by atoms with van der Waals surface area (Å²) in [6.07, 6.45) is 0.762. The topological polar surface area (TPSA) is 84.7 Å². The Morgan fingerprint density at radius 2 is 2.05 bits per heavy atom. The summed E-state index contributed by atoms with van der Waals surface area (Å²) in [6, 6.07) is 9.28. The number of nitrogens with one attached hydrogen (secondary N) is 1. The number of carbonyl (C=O) groups excluding carboxylic acids is 2. The SMILES string of the molecule is C[C@@H](N)[C@@H](C)NC1=CC(=O)N(C(=O)OCc2ccccc2)C1. The molecule has 0 radical (unpaired) electrons. The van der Waals surface area contributed by atoms with E-state index in [1.165, 1.54) is 6.08 Å². The lowest BCUT2D eigenvalue weighted by atomic mass is 10.2. The van der Waals surface area contributed by atoms with Crippen molar-refractivity contribution in [3.8, 4) is 0 Å². The molecule has 1 aromatic rings. The summed E-state index contributed by atoms with van der Waals surface area (Å²) < 4.78 is 5.16. The molecular weight excluding hydrogens is 282 g/mol. The van der Waals surface area contributed by atoms with Crippen molar-refractivity contribution in [2.24, 2.45) is 5.73 Å². The van der Waals surface area contributed by atoms with E-state index in [0.29, 0.717) is 5.70 Å². The van der Waals surface area contributed by atoms with E-state index in [-0.39, 0.29) is 31.1 Å². The number of ether oxygens (including phenoxy) is 1. The molecule has 0 saturated heterocycles. The molecule has 2 amide bonds. The lowest BCUT2D eigenvalue weighted by molar-refractivity contribution is -0.123. The van der Waals surface area contributed by atoms with Crippen LogP contribution in [0.1, 0.15) is 19.4 Å². The van der Waals surface area contributed by atoms with E-state index in [0.717, 1.165) is 10.5 Å². The summed E-state index contributed by atoms with van der Waals surface area (Å²) in [7, 11) is 0. The zero-order valence-corrected chi connectivity index (χ0v) is 12.8. The number of benzene rings is 1. The Kier molecular flexibility index (Phi) is 5.16. The van der Waals surface area contributed by atoms with Crippen LogP contribution in [0, 0.1) is 0 Å². The van der Waals surface area contributed by atoms with Crippen molar-refractivity contribution in [2.45, 2.75) is 32.5 Å². The standard InChI is InChI=1S/C16H21N3O3/c1-11(17)12(2)18-14-8-15(20)19(9-14)16(21)22-10-13-6-4-3-5-7-13/h3-8,11-12,18H,9-10,17H2,1-2H3/t11-,12-/m1/s1.